The van der Waals surface area contributed by atoms with E-state index in [0.717, 1.165) is 54.9 Å². The molecule has 1 saturated heterocycles. The molecule has 0 unspecified atom stereocenters. The summed E-state index contributed by atoms with van der Waals surface area (Å²) in [6.45, 7) is 15.2. The van der Waals surface area contributed by atoms with Gasteiger partial charge in [0.05, 0.1) is 18.4 Å². The zero-order valence-corrected chi connectivity index (χ0v) is 20.9. The molecule has 3 aromatic rings. The molecule has 5 rings (SSSR count). The molecule has 1 aromatic heterocycles. The predicted octanol–water partition coefficient (Wildman–Crippen LogP) is 5.89. The second kappa shape index (κ2) is 10.9. The zero-order valence-electron chi connectivity index (χ0n) is 20.9. The van der Waals surface area contributed by atoms with Crippen LogP contribution in [0.1, 0.15) is 50.7 Å². The lowest BCUT2D eigenvalue weighted by Crippen LogP contribution is -2.32. The summed E-state index contributed by atoms with van der Waals surface area (Å²) in [4.78, 5) is 16.4. The molecule has 1 fully saturated rings. The molecule has 0 N–H and O–H groups in total. The summed E-state index contributed by atoms with van der Waals surface area (Å²) in [6, 6.07) is 11.4. The average molecular weight is 486 g/mol. The summed E-state index contributed by atoms with van der Waals surface area (Å²) in [7, 11) is 0. The van der Waals surface area contributed by atoms with Crippen molar-refractivity contribution in [3.63, 3.8) is 0 Å². The van der Waals surface area contributed by atoms with E-state index in [1.807, 2.05) is 32.0 Å². The van der Waals surface area contributed by atoms with Crippen LogP contribution in [0.2, 0.25) is 0 Å². The van der Waals surface area contributed by atoms with Crippen LogP contribution < -0.4 is 4.74 Å². The van der Waals surface area contributed by atoms with Gasteiger partial charge in [-0.25, -0.2) is 4.85 Å². The van der Waals surface area contributed by atoms with Crippen molar-refractivity contribution >= 4 is 11.4 Å². The molecule has 0 amide bonds. The summed E-state index contributed by atoms with van der Waals surface area (Å²) >= 11 is 0. The average Bonchev–Trinajstić information content (AvgIpc) is 3.55. The summed E-state index contributed by atoms with van der Waals surface area (Å²) < 4.78 is 11.3. The van der Waals surface area contributed by atoms with Crippen LogP contribution in [0.4, 0.5) is 5.69 Å². The van der Waals surface area contributed by atoms with Crippen molar-refractivity contribution in [1.82, 2.24) is 15.0 Å². The van der Waals surface area contributed by atoms with Crippen molar-refractivity contribution in [3.8, 4) is 28.6 Å². The first-order valence-electron chi connectivity index (χ1n) is 12.7. The number of likely N-dealkylation sites (tertiary alicyclic amines) is 1. The Kier molecular flexibility index (Phi) is 7.28. The Balaban J connectivity index is 1.31. The Morgan fingerprint density at radius 1 is 1.11 bits per heavy atom. The van der Waals surface area contributed by atoms with Gasteiger partial charge in [-0.3, -0.25) is 4.90 Å². The maximum atomic E-state index is 7.50. The lowest BCUT2D eigenvalue weighted by molar-refractivity contribution is 0.102. The van der Waals surface area contributed by atoms with Crippen molar-refractivity contribution in [2.45, 2.75) is 52.1 Å². The summed E-state index contributed by atoms with van der Waals surface area (Å²) in [6.07, 6.45) is 5.56. The molecule has 2 aliphatic rings. The fourth-order valence-electron chi connectivity index (χ4n) is 4.83. The third-order valence-electron chi connectivity index (χ3n) is 6.58. The number of hydrogen-bond acceptors (Lipinski definition) is 7. The van der Waals surface area contributed by atoms with Gasteiger partial charge in [0, 0.05) is 23.2 Å². The second-order valence-electron chi connectivity index (χ2n) is 9.49. The first kappa shape index (κ1) is 24.0. The molecule has 36 heavy (non-hydrogen) atoms. The van der Waals surface area contributed by atoms with Gasteiger partial charge in [-0.15, -0.1) is 0 Å². The molecule has 0 bridgehead atoms. The predicted molar refractivity (Wildman–Crippen MR) is 138 cm³/mol. The molecule has 0 spiro atoms. The molecule has 8 heteroatoms. The minimum Gasteiger partial charge on any atom is -0.502 e. The number of piperidine rings is 1. The number of aromatic nitrogens is 2. The zero-order chi connectivity index (χ0) is 24.9. The largest absolute Gasteiger partial charge is 0.502 e. The highest BCUT2D eigenvalue weighted by Gasteiger charge is 2.24. The molecule has 0 atom stereocenters. The molecule has 2 aromatic carbocycles. The van der Waals surface area contributed by atoms with Crippen LogP contribution >= 0.6 is 0 Å². The van der Waals surface area contributed by atoms with E-state index in [-0.39, 0.29) is 6.10 Å². The minimum atomic E-state index is -0.0139. The quantitative estimate of drug-likeness (QED) is 0.225. The summed E-state index contributed by atoms with van der Waals surface area (Å²) in [5.74, 6) is 1.45. The number of nitrogens with zero attached hydrogens (tertiary/aromatic N) is 5. The molecule has 186 valence electrons. The van der Waals surface area contributed by atoms with E-state index in [0.29, 0.717) is 35.3 Å². The van der Waals surface area contributed by atoms with Crippen LogP contribution in [0.15, 0.2) is 46.1 Å². The van der Waals surface area contributed by atoms with Gasteiger partial charge in [0.25, 0.3) is 5.89 Å². The third kappa shape index (κ3) is 5.26. The molecular formula is C28H31N5O3. The van der Waals surface area contributed by atoms with Gasteiger partial charge in [-0.2, -0.15) is 4.98 Å². The van der Waals surface area contributed by atoms with Crippen LogP contribution in [0.3, 0.4) is 0 Å². The number of fused-ring (bicyclic) bond motifs is 1. The van der Waals surface area contributed by atoms with Crippen LogP contribution in [-0.2, 0) is 11.3 Å². The number of oxime groups is 1. The van der Waals surface area contributed by atoms with Crippen molar-refractivity contribution in [2.75, 3.05) is 26.2 Å². The lowest BCUT2D eigenvalue weighted by atomic mass is 10.0. The maximum absolute atomic E-state index is 7.50. The summed E-state index contributed by atoms with van der Waals surface area (Å²) in [5, 5.41) is 8.72. The van der Waals surface area contributed by atoms with Crippen molar-refractivity contribution < 1.29 is 14.1 Å². The topological polar surface area (TPSA) is 77.3 Å². The number of rotatable bonds is 8. The number of hydrogen-bond donors (Lipinski definition) is 0. The fraction of sp³-hybridized carbons (Fsp3) is 0.429. The Morgan fingerprint density at radius 3 is 2.75 bits per heavy atom. The Morgan fingerprint density at radius 2 is 1.94 bits per heavy atom. The van der Waals surface area contributed by atoms with E-state index in [1.165, 1.54) is 19.3 Å². The van der Waals surface area contributed by atoms with E-state index in [2.05, 4.69) is 31.1 Å². The van der Waals surface area contributed by atoms with Crippen LogP contribution in [0, 0.1) is 6.57 Å². The van der Waals surface area contributed by atoms with Gasteiger partial charge >= 0.3 is 0 Å². The monoisotopic (exact) mass is 485 g/mol. The first-order chi connectivity index (χ1) is 17.6. The Hall–Kier alpha value is -3.70. The van der Waals surface area contributed by atoms with Crippen LogP contribution in [0.5, 0.6) is 5.75 Å². The smallest absolute Gasteiger partial charge is 0.256 e. The maximum Gasteiger partial charge on any atom is 0.256 e. The van der Waals surface area contributed by atoms with Gasteiger partial charge in [-0.05, 0) is 76.4 Å². The Labute approximate surface area is 211 Å². The highest BCUT2D eigenvalue weighted by atomic mass is 16.6. The van der Waals surface area contributed by atoms with Gasteiger partial charge in [0.15, 0.2) is 0 Å². The van der Waals surface area contributed by atoms with Crippen molar-refractivity contribution in [1.29, 1.82) is 0 Å². The van der Waals surface area contributed by atoms with Gasteiger partial charge in [0.2, 0.25) is 11.5 Å². The molecule has 2 heterocycles. The minimum absolute atomic E-state index is 0.0139. The second-order valence-corrected chi connectivity index (χ2v) is 9.49. The third-order valence-corrected chi connectivity index (χ3v) is 6.58. The highest BCUT2D eigenvalue weighted by molar-refractivity contribution is 6.05. The van der Waals surface area contributed by atoms with Gasteiger partial charge in [0.1, 0.15) is 12.4 Å². The first-order valence-corrected chi connectivity index (χ1v) is 12.7. The normalized spacial score (nSPS) is 16.8. The molecule has 0 radical (unpaired) electrons. The van der Waals surface area contributed by atoms with Crippen molar-refractivity contribution in [2.24, 2.45) is 5.16 Å². The van der Waals surface area contributed by atoms with E-state index >= 15 is 0 Å². The summed E-state index contributed by atoms with van der Waals surface area (Å²) in [5.41, 5.74) is 5.26. The van der Waals surface area contributed by atoms with Crippen LogP contribution in [0.25, 0.3) is 27.7 Å². The fourth-order valence-corrected chi connectivity index (χ4v) is 4.83. The molecule has 1 aliphatic carbocycles. The number of benzene rings is 2. The van der Waals surface area contributed by atoms with Crippen molar-refractivity contribution in [3.05, 3.63) is 58.9 Å². The molecule has 0 saturated carbocycles. The van der Waals surface area contributed by atoms with Gasteiger partial charge < -0.3 is 14.1 Å². The highest BCUT2D eigenvalue weighted by Crippen LogP contribution is 2.35. The molecule has 1 aliphatic heterocycles. The van der Waals surface area contributed by atoms with E-state index in [1.54, 1.807) is 12.1 Å². The van der Waals surface area contributed by atoms with Crippen LogP contribution in [-0.4, -0.2) is 53.1 Å². The SMILES string of the molecule is [C-]#[N+]c1cc(-c2nc(-c3cccc4c3CC/C4=N/OCCN3CCCCC3)no2)ccc1OC(C)C. The van der Waals surface area contributed by atoms with E-state index in [4.69, 9.17) is 20.7 Å². The van der Waals surface area contributed by atoms with E-state index < -0.39 is 0 Å². The molecular weight excluding hydrogens is 454 g/mol. The van der Waals surface area contributed by atoms with E-state index in [9.17, 15) is 0 Å². The Bertz CT molecular complexity index is 1280. The number of ether oxygens (including phenoxy) is 1. The molecule has 8 nitrogen and oxygen atoms in total. The standard InChI is InChI=1S/C28H31N5O3/c1-19(2)35-26-13-10-20(18-25(26)29-3)28-30-27(32-36-28)23-9-7-8-22-21(23)11-12-24(22)31-34-17-16-33-14-5-4-6-15-33/h7-10,13,18-19H,4-6,11-12,14-17H2,1-2H3/b31-24-. The lowest BCUT2D eigenvalue weighted by Gasteiger charge is -2.25. The van der Waals surface area contributed by atoms with Gasteiger partial charge in [-0.1, -0.05) is 34.9 Å².